The van der Waals surface area contributed by atoms with E-state index in [1.807, 2.05) is 12.1 Å². The Morgan fingerprint density at radius 3 is 2.61 bits per heavy atom. The number of rotatable bonds is 9. The first-order chi connectivity index (χ1) is 15.0. The summed E-state index contributed by atoms with van der Waals surface area (Å²) in [6.45, 7) is 3.56. The van der Waals surface area contributed by atoms with E-state index in [9.17, 15) is 14.4 Å². The van der Waals surface area contributed by atoms with Crippen molar-refractivity contribution in [3.63, 3.8) is 0 Å². The topological polar surface area (TPSA) is 97.5 Å². The molecule has 1 unspecified atom stereocenters. The maximum atomic E-state index is 12.7. The number of nitrogens with one attached hydrogen (secondary N) is 2. The quantitative estimate of drug-likeness (QED) is 0.302. The zero-order valence-corrected chi connectivity index (χ0v) is 17.4. The molecule has 3 rings (SSSR count). The predicted octanol–water partition coefficient (Wildman–Crippen LogP) is 3.23. The fraction of sp³-hybridized carbons (Fsp3) is 0.174. The highest BCUT2D eigenvalue weighted by molar-refractivity contribution is 6.30. The third kappa shape index (κ3) is 5.96. The molecule has 2 aromatic carbocycles. The monoisotopic (exact) mass is 440 g/mol. The zero-order valence-electron chi connectivity index (χ0n) is 16.6. The molecule has 8 heteroatoms. The number of aromatic amines is 1. The molecule has 1 aromatic heterocycles. The summed E-state index contributed by atoms with van der Waals surface area (Å²) in [5.74, 6) is -1.10. The van der Waals surface area contributed by atoms with Crippen molar-refractivity contribution in [3.05, 3.63) is 93.9 Å². The number of para-hydroxylation sites is 1. The van der Waals surface area contributed by atoms with Crippen LogP contribution >= 0.6 is 11.6 Å². The van der Waals surface area contributed by atoms with Gasteiger partial charge in [-0.15, -0.1) is 0 Å². The summed E-state index contributed by atoms with van der Waals surface area (Å²) in [5.41, 5.74) is 1.29. The van der Waals surface area contributed by atoms with E-state index in [0.717, 1.165) is 5.39 Å². The third-order valence-corrected chi connectivity index (χ3v) is 4.77. The lowest BCUT2D eigenvalue weighted by molar-refractivity contribution is -0.146. The van der Waals surface area contributed by atoms with E-state index in [-0.39, 0.29) is 25.2 Å². The second kappa shape index (κ2) is 10.4. The largest absolute Gasteiger partial charge is 0.498 e. The standard InChI is InChI=1S/C23H21ClN2O5/c1-2-30-11-12-31-23(29)20(26-22(28)15-7-9-17(24)10-8-15)13-16-14-21(27)25-19-6-4-3-5-18(16)19/h2-10,14,20H,1,11-13H2,(H,25,27)(H,26,28). The Hall–Kier alpha value is -3.58. The van der Waals surface area contributed by atoms with Gasteiger partial charge in [-0.2, -0.15) is 0 Å². The minimum atomic E-state index is -1.02. The Morgan fingerprint density at radius 1 is 1.13 bits per heavy atom. The second-order valence-electron chi connectivity index (χ2n) is 6.65. The number of H-pyrrole nitrogens is 1. The summed E-state index contributed by atoms with van der Waals surface area (Å²) in [4.78, 5) is 40.3. The number of halogens is 1. The highest BCUT2D eigenvalue weighted by atomic mass is 35.5. The number of esters is 1. The molecule has 1 heterocycles. The van der Waals surface area contributed by atoms with Crippen molar-refractivity contribution in [2.75, 3.05) is 13.2 Å². The average molecular weight is 441 g/mol. The van der Waals surface area contributed by atoms with Crippen LogP contribution in [0, 0.1) is 0 Å². The Labute approximate surface area is 183 Å². The molecule has 0 bridgehead atoms. The molecule has 0 aliphatic rings. The predicted molar refractivity (Wildman–Crippen MR) is 118 cm³/mol. The van der Waals surface area contributed by atoms with Crippen molar-refractivity contribution < 1.29 is 19.1 Å². The van der Waals surface area contributed by atoms with Gasteiger partial charge in [-0.3, -0.25) is 9.59 Å². The number of hydrogen-bond donors (Lipinski definition) is 2. The molecule has 0 saturated heterocycles. The molecule has 0 aliphatic heterocycles. The van der Waals surface area contributed by atoms with Crippen LogP contribution in [0.15, 0.2) is 72.2 Å². The Bertz CT molecular complexity index is 1140. The number of carbonyl (C=O) groups excluding carboxylic acids is 2. The van der Waals surface area contributed by atoms with Gasteiger partial charge in [0.05, 0.1) is 6.26 Å². The van der Waals surface area contributed by atoms with Crippen LogP contribution in [0.5, 0.6) is 0 Å². The lowest BCUT2D eigenvalue weighted by Gasteiger charge is -2.19. The summed E-state index contributed by atoms with van der Waals surface area (Å²) in [6.07, 6.45) is 1.32. The number of pyridine rings is 1. The van der Waals surface area contributed by atoms with E-state index in [2.05, 4.69) is 16.9 Å². The fourth-order valence-electron chi connectivity index (χ4n) is 3.08. The smallest absolute Gasteiger partial charge is 0.329 e. The Balaban J connectivity index is 1.85. The van der Waals surface area contributed by atoms with Crippen LogP contribution in [0.1, 0.15) is 15.9 Å². The van der Waals surface area contributed by atoms with Crippen molar-refractivity contribution in [3.8, 4) is 0 Å². The van der Waals surface area contributed by atoms with Crippen LogP contribution in [0.25, 0.3) is 10.9 Å². The van der Waals surface area contributed by atoms with Crippen LogP contribution in [0.2, 0.25) is 5.02 Å². The molecular weight excluding hydrogens is 420 g/mol. The van der Waals surface area contributed by atoms with Crippen molar-refractivity contribution in [2.24, 2.45) is 0 Å². The molecule has 31 heavy (non-hydrogen) atoms. The van der Waals surface area contributed by atoms with E-state index in [0.29, 0.717) is 21.7 Å². The van der Waals surface area contributed by atoms with Crippen molar-refractivity contribution in [1.29, 1.82) is 0 Å². The number of hydrogen-bond acceptors (Lipinski definition) is 5. The number of carbonyl (C=O) groups is 2. The molecule has 2 N–H and O–H groups in total. The van der Waals surface area contributed by atoms with Crippen LogP contribution < -0.4 is 10.9 Å². The number of benzene rings is 2. The fourth-order valence-corrected chi connectivity index (χ4v) is 3.20. The van der Waals surface area contributed by atoms with Gasteiger partial charge in [0.25, 0.3) is 5.91 Å². The van der Waals surface area contributed by atoms with Gasteiger partial charge < -0.3 is 19.8 Å². The van der Waals surface area contributed by atoms with Gasteiger partial charge in [0.15, 0.2) is 0 Å². The zero-order chi connectivity index (χ0) is 22.2. The molecule has 0 saturated carbocycles. The molecule has 3 aromatic rings. The van der Waals surface area contributed by atoms with E-state index in [4.69, 9.17) is 21.1 Å². The number of amides is 1. The molecular formula is C23H21ClN2O5. The lowest BCUT2D eigenvalue weighted by atomic mass is 10.0. The van der Waals surface area contributed by atoms with Gasteiger partial charge in [0.2, 0.25) is 5.56 Å². The highest BCUT2D eigenvalue weighted by Crippen LogP contribution is 2.17. The minimum absolute atomic E-state index is 0.00567. The van der Waals surface area contributed by atoms with Crippen molar-refractivity contribution in [1.82, 2.24) is 10.3 Å². The van der Waals surface area contributed by atoms with E-state index >= 15 is 0 Å². The van der Waals surface area contributed by atoms with Crippen LogP contribution in [-0.4, -0.2) is 36.1 Å². The summed E-state index contributed by atoms with van der Waals surface area (Å²) in [5, 5.41) is 3.96. The molecule has 1 amide bonds. The van der Waals surface area contributed by atoms with Gasteiger partial charge >= 0.3 is 5.97 Å². The first-order valence-corrected chi connectivity index (χ1v) is 9.92. The Kier molecular flexibility index (Phi) is 7.45. The van der Waals surface area contributed by atoms with E-state index in [1.54, 1.807) is 36.4 Å². The molecule has 0 aliphatic carbocycles. The molecule has 1 atom stereocenters. The SMILES string of the molecule is C=COCCOC(=O)C(Cc1cc(=O)[nH]c2ccccc12)NC(=O)c1ccc(Cl)cc1. The summed E-state index contributed by atoms with van der Waals surface area (Å²) in [6, 6.07) is 13.9. The second-order valence-corrected chi connectivity index (χ2v) is 7.08. The first kappa shape index (κ1) is 22.1. The summed E-state index contributed by atoms with van der Waals surface area (Å²) in [7, 11) is 0. The highest BCUT2D eigenvalue weighted by Gasteiger charge is 2.24. The van der Waals surface area contributed by atoms with Gasteiger partial charge in [-0.05, 0) is 35.9 Å². The van der Waals surface area contributed by atoms with Crippen LogP contribution in [-0.2, 0) is 20.7 Å². The number of aromatic nitrogens is 1. The maximum Gasteiger partial charge on any atom is 0.329 e. The number of ether oxygens (including phenoxy) is 2. The molecule has 0 radical (unpaired) electrons. The van der Waals surface area contributed by atoms with E-state index in [1.165, 1.54) is 12.3 Å². The molecule has 7 nitrogen and oxygen atoms in total. The van der Waals surface area contributed by atoms with Crippen LogP contribution in [0.4, 0.5) is 0 Å². The normalized spacial score (nSPS) is 11.5. The van der Waals surface area contributed by atoms with Gasteiger partial charge in [0.1, 0.15) is 19.3 Å². The number of fused-ring (bicyclic) bond motifs is 1. The van der Waals surface area contributed by atoms with Gasteiger partial charge in [-0.1, -0.05) is 36.4 Å². The molecule has 160 valence electrons. The third-order valence-electron chi connectivity index (χ3n) is 4.52. The first-order valence-electron chi connectivity index (χ1n) is 9.54. The molecule has 0 fully saturated rings. The van der Waals surface area contributed by atoms with E-state index < -0.39 is 17.9 Å². The van der Waals surface area contributed by atoms with Gasteiger partial charge in [-0.25, -0.2) is 4.79 Å². The van der Waals surface area contributed by atoms with Gasteiger partial charge in [0, 0.05) is 34.0 Å². The van der Waals surface area contributed by atoms with Crippen molar-refractivity contribution in [2.45, 2.75) is 12.5 Å². The van der Waals surface area contributed by atoms with Crippen molar-refractivity contribution >= 4 is 34.4 Å². The lowest BCUT2D eigenvalue weighted by Crippen LogP contribution is -2.43. The maximum absolute atomic E-state index is 12.7. The van der Waals surface area contributed by atoms with Crippen LogP contribution in [0.3, 0.4) is 0 Å². The molecule has 0 spiro atoms. The summed E-state index contributed by atoms with van der Waals surface area (Å²) >= 11 is 5.88. The minimum Gasteiger partial charge on any atom is -0.498 e. The Morgan fingerprint density at radius 2 is 1.87 bits per heavy atom. The summed E-state index contributed by atoms with van der Waals surface area (Å²) < 4.78 is 10.2. The average Bonchev–Trinajstić information content (AvgIpc) is 2.76.